The van der Waals surface area contributed by atoms with Gasteiger partial charge in [-0.15, -0.1) is 0 Å². The van der Waals surface area contributed by atoms with E-state index in [0.717, 1.165) is 5.56 Å². The molecule has 1 aliphatic rings. The molecule has 1 aromatic carbocycles. The van der Waals surface area contributed by atoms with Crippen LogP contribution < -0.4 is 15.4 Å². The number of nitrogens with one attached hydrogen (secondary N) is 2. The van der Waals surface area contributed by atoms with Crippen LogP contribution in [0.5, 0.6) is 5.75 Å². The Labute approximate surface area is 129 Å². The summed E-state index contributed by atoms with van der Waals surface area (Å²) in [6, 6.07) is 6.71. The summed E-state index contributed by atoms with van der Waals surface area (Å²) >= 11 is 0. The van der Waals surface area contributed by atoms with E-state index in [1.807, 2.05) is 12.1 Å². The van der Waals surface area contributed by atoms with Crippen molar-refractivity contribution in [2.24, 2.45) is 0 Å². The first kappa shape index (κ1) is 16.0. The molecule has 1 atom stereocenters. The molecule has 0 bridgehead atoms. The van der Waals surface area contributed by atoms with Crippen LogP contribution in [0.25, 0.3) is 0 Å². The fourth-order valence-corrected chi connectivity index (χ4v) is 2.18. The third-order valence-corrected chi connectivity index (χ3v) is 3.50. The number of esters is 1. The molecule has 1 fully saturated rings. The van der Waals surface area contributed by atoms with E-state index in [1.54, 1.807) is 12.1 Å². The Bertz CT molecular complexity index is 566. The zero-order valence-corrected chi connectivity index (χ0v) is 12.7. The number of carbonyl (C=O) groups is 3. The van der Waals surface area contributed by atoms with Gasteiger partial charge in [-0.25, -0.2) is 4.79 Å². The number of hydrogen-bond donors (Lipinski definition) is 2. The number of hydrogen-bond acceptors (Lipinski definition) is 4. The minimum Gasteiger partial charge on any atom is -0.425 e. The zero-order valence-electron chi connectivity index (χ0n) is 12.7. The van der Waals surface area contributed by atoms with Crippen molar-refractivity contribution in [1.82, 2.24) is 10.6 Å². The van der Waals surface area contributed by atoms with Gasteiger partial charge in [0.15, 0.2) is 0 Å². The van der Waals surface area contributed by atoms with E-state index in [0.29, 0.717) is 24.5 Å². The van der Waals surface area contributed by atoms with Gasteiger partial charge in [-0.05, 0) is 30.0 Å². The zero-order chi connectivity index (χ0) is 16.1. The van der Waals surface area contributed by atoms with Crippen molar-refractivity contribution in [3.8, 4) is 5.75 Å². The molecule has 2 amide bonds. The second-order valence-corrected chi connectivity index (χ2v) is 5.57. The maximum absolute atomic E-state index is 11.7. The average Bonchev–Trinajstić information content (AvgIpc) is 2.92. The van der Waals surface area contributed by atoms with Crippen LogP contribution in [0.2, 0.25) is 0 Å². The largest absolute Gasteiger partial charge is 0.425 e. The van der Waals surface area contributed by atoms with Crippen molar-refractivity contribution in [2.75, 3.05) is 6.54 Å². The molecule has 22 heavy (non-hydrogen) atoms. The quantitative estimate of drug-likeness (QED) is 0.630. The fourth-order valence-electron chi connectivity index (χ4n) is 2.18. The van der Waals surface area contributed by atoms with Crippen molar-refractivity contribution in [3.63, 3.8) is 0 Å². The topological polar surface area (TPSA) is 84.5 Å². The predicted molar refractivity (Wildman–Crippen MR) is 80.3 cm³/mol. The summed E-state index contributed by atoms with van der Waals surface area (Å²) in [5.74, 6) is -0.204. The van der Waals surface area contributed by atoms with Gasteiger partial charge in [0.25, 0.3) is 0 Å². The van der Waals surface area contributed by atoms with Crippen molar-refractivity contribution < 1.29 is 19.1 Å². The number of ether oxygens (including phenoxy) is 1. The van der Waals surface area contributed by atoms with E-state index in [9.17, 15) is 14.4 Å². The molecule has 1 unspecified atom stereocenters. The van der Waals surface area contributed by atoms with E-state index in [-0.39, 0.29) is 18.4 Å². The lowest BCUT2D eigenvalue weighted by Crippen LogP contribution is -2.44. The first-order valence-corrected chi connectivity index (χ1v) is 7.33. The lowest BCUT2D eigenvalue weighted by Gasteiger charge is -2.11. The van der Waals surface area contributed by atoms with Gasteiger partial charge < -0.3 is 15.4 Å². The first-order chi connectivity index (χ1) is 10.5. The van der Waals surface area contributed by atoms with E-state index >= 15 is 0 Å². The minimum atomic E-state index is -0.550. The molecule has 0 radical (unpaired) electrons. The number of benzene rings is 1. The number of carbonyl (C=O) groups excluding carboxylic acids is 3. The standard InChI is InChI=1S/C16H20N2O4/c1-10(2)11-3-5-12(6-4-11)22-15(20)9-17-16(21)13-7-8-14(19)18-13/h3-6,10,13H,7-9H2,1-2H3,(H,17,21)(H,18,19). The normalized spacial score (nSPS) is 17.2. The van der Waals surface area contributed by atoms with Crippen LogP contribution >= 0.6 is 0 Å². The molecular weight excluding hydrogens is 284 g/mol. The number of rotatable bonds is 5. The van der Waals surface area contributed by atoms with Gasteiger partial charge in [0.05, 0.1) is 0 Å². The van der Waals surface area contributed by atoms with E-state index in [2.05, 4.69) is 24.5 Å². The smallest absolute Gasteiger partial charge is 0.330 e. The Morgan fingerprint density at radius 3 is 2.55 bits per heavy atom. The van der Waals surface area contributed by atoms with Crippen LogP contribution in [0.1, 0.15) is 38.2 Å². The summed E-state index contributed by atoms with van der Waals surface area (Å²) < 4.78 is 5.14. The highest BCUT2D eigenvalue weighted by Crippen LogP contribution is 2.18. The third kappa shape index (κ3) is 4.31. The molecule has 2 rings (SSSR count). The summed E-state index contributed by atoms with van der Waals surface area (Å²) in [5, 5.41) is 5.01. The molecule has 1 aromatic rings. The highest BCUT2D eigenvalue weighted by Gasteiger charge is 2.27. The Morgan fingerprint density at radius 1 is 1.32 bits per heavy atom. The molecule has 6 nitrogen and oxygen atoms in total. The monoisotopic (exact) mass is 304 g/mol. The Morgan fingerprint density at radius 2 is 2.00 bits per heavy atom. The summed E-state index contributed by atoms with van der Waals surface area (Å²) in [4.78, 5) is 34.5. The van der Waals surface area contributed by atoms with Crippen LogP contribution in [0, 0.1) is 0 Å². The van der Waals surface area contributed by atoms with Crippen LogP contribution in [0.3, 0.4) is 0 Å². The van der Waals surface area contributed by atoms with Crippen LogP contribution in [0.15, 0.2) is 24.3 Å². The minimum absolute atomic E-state index is 0.145. The van der Waals surface area contributed by atoms with Crippen molar-refractivity contribution >= 4 is 17.8 Å². The maximum atomic E-state index is 11.7. The first-order valence-electron chi connectivity index (χ1n) is 7.33. The average molecular weight is 304 g/mol. The maximum Gasteiger partial charge on any atom is 0.330 e. The van der Waals surface area contributed by atoms with E-state index in [4.69, 9.17) is 4.74 Å². The highest BCUT2D eigenvalue weighted by molar-refractivity contribution is 5.92. The Kier molecular flexibility index (Phi) is 5.14. The molecule has 6 heteroatoms. The van der Waals surface area contributed by atoms with Crippen LogP contribution in [0.4, 0.5) is 0 Å². The lowest BCUT2D eigenvalue weighted by molar-refractivity contribution is -0.136. The molecule has 0 spiro atoms. The fraction of sp³-hybridized carbons (Fsp3) is 0.438. The van der Waals surface area contributed by atoms with Gasteiger partial charge >= 0.3 is 5.97 Å². The van der Waals surface area contributed by atoms with Crippen molar-refractivity contribution in [3.05, 3.63) is 29.8 Å². The predicted octanol–water partition coefficient (Wildman–Crippen LogP) is 1.11. The van der Waals surface area contributed by atoms with Gasteiger partial charge in [0.2, 0.25) is 11.8 Å². The van der Waals surface area contributed by atoms with Gasteiger partial charge in [0.1, 0.15) is 18.3 Å². The van der Waals surface area contributed by atoms with Gasteiger partial charge in [-0.2, -0.15) is 0 Å². The molecule has 2 N–H and O–H groups in total. The third-order valence-electron chi connectivity index (χ3n) is 3.50. The Hall–Kier alpha value is -2.37. The molecule has 0 aromatic heterocycles. The Balaban J connectivity index is 1.78. The van der Waals surface area contributed by atoms with Gasteiger partial charge in [0, 0.05) is 6.42 Å². The molecule has 1 heterocycles. The molecule has 0 saturated carbocycles. The molecule has 0 aliphatic carbocycles. The molecule has 1 saturated heterocycles. The van der Waals surface area contributed by atoms with Gasteiger partial charge in [-0.3, -0.25) is 9.59 Å². The summed E-state index contributed by atoms with van der Waals surface area (Å²) in [6.45, 7) is 3.94. The van der Waals surface area contributed by atoms with E-state index < -0.39 is 12.0 Å². The van der Waals surface area contributed by atoms with Gasteiger partial charge in [-0.1, -0.05) is 26.0 Å². The second kappa shape index (κ2) is 7.06. The summed E-state index contributed by atoms with van der Waals surface area (Å²) in [5.41, 5.74) is 1.16. The second-order valence-electron chi connectivity index (χ2n) is 5.57. The van der Waals surface area contributed by atoms with Crippen LogP contribution in [-0.2, 0) is 14.4 Å². The van der Waals surface area contributed by atoms with E-state index in [1.165, 1.54) is 0 Å². The van der Waals surface area contributed by atoms with Crippen molar-refractivity contribution in [1.29, 1.82) is 0 Å². The SMILES string of the molecule is CC(C)c1ccc(OC(=O)CNC(=O)C2CCC(=O)N2)cc1. The summed E-state index contributed by atoms with van der Waals surface area (Å²) in [6.07, 6.45) is 0.793. The molecule has 118 valence electrons. The molecular formula is C16H20N2O4. The highest BCUT2D eigenvalue weighted by atomic mass is 16.5. The number of amides is 2. The van der Waals surface area contributed by atoms with Crippen molar-refractivity contribution in [2.45, 2.75) is 38.6 Å². The summed E-state index contributed by atoms with van der Waals surface area (Å²) in [7, 11) is 0. The molecule has 1 aliphatic heterocycles. The lowest BCUT2D eigenvalue weighted by atomic mass is 10.0. The van der Waals surface area contributed by atoms with Crippen LogP contribution in [-0.4, -0.2) is 30.4 Å².